The van der Waals surface area contributed by atoms with E-state index in [1.165, 1.54) is 24.3 Å². The van der Waals surface area contributed by atoms with Crippen LogP contribution >= 0.6 is 0 Å². The van der Waals surface area contributed by atoms with Crippen molar-refractivity contribution in [3.05, 3.63) is 29.8 Å². The summed E-state index contributed by atoms with van der Waals surface area (Å²) in [5.74, 6) is -0.0169. The highest BCUT2D eigenvalue weighted by Crippen LogP contribution is 2.14. The molecular formula is C15H19NO6. The Morgan fingerprint density at radius 3 is 2.18 bits per heavy atom. The maximum atomic E-state index is 12.1. The Kier molecular flexibility index (Phi) is 6.88. The summed E-state index contributed by atoms with van der Waals surface area (Å²) in [5.41, 5.74) is 0.375. The number of amides is 1. The smallest absolute Gasteiger partial charge is 0.450 e. The van der Waals surface area contributed by atoms with Crippen LogP contribution in [0.25, 0.3) is 0 Å². The number of Topliss-reactive ketones (excluding diaryl/α,β-unsaturated/α-hetero) is 1. The molecule has 0 radical (unpaired) electrons. The second-order valence-electron chi connectivity index (χ2n) is 4.26. The van der Waals surface area contributed by atoms with Gasteiger partial charge in [0.05, 0.1) is 19.3 Å². The van der Waals surface area contributed by atoms with Gasteiger partial charge in [0.1, 0.15) is 5.75 Å². The minimum absolute atomic E-state index is 0.215. The van der Waals surface area contributed by atoms with Crippen molar-refractivity contribution in [1.82, 2.24) is 5.32 Å². The number of hydrogen-bond donors (Lipinski definition) is 1. The highest BCUT2D eigenvalue weighted by molar-refractivity contribution is 6.01. The molecule has 0 spiro atoms. The first kappa shape index (κ1) is 17.5. The molecule has 22 heavy (non-hydrogen) atoms. The predicted octanol–water partition coefficient (Wildman–Crippen LogP) is 2.54. The zero-order valence-electron chi connectivity index (χ0n) is 12.8. The molecule has 1 unspecified atom stereocenters. The van der Waals surface area contributed by atoms with Crippen LogP contribution in [0.4, 0.5) is 9.59 Å². The molecule has 0 saturated carbocycles. The summed E-state index contributed by atoms with van der Waals surface area (Å²) in [6, 6.07) is 5.22. The first-order valence-corrected chi connectivity index (χ1v) is 6.90. The van der Waals surface area contributed by atoms with Gasteiger partial charge in [-0.1, -0.05) is 0 Å². The van der Waals surface area contributed by atoms with Gasteiger partial charge in [-0.3, -0.25) is 4.79 Å². The number of alkyl carbamates (subject to hydrolysis) is 1. The summed E-state index contributed by atoms with van der Waals surface area (Å²) >= 11 is 0. The summed E-state index contributed by atoms with van der Waals surface area (Å²) in [5, 5.41) is 2.43. The van der Waals surface area contributed by atoms with Crippen molar-refractivity contribution in [3.8, 4) is 5.75 Å². The van der Waals surface area contributed by atoms with E-state index in [4.69, 9.17) is 9.47 Å². The van der Waals surface area contributed by atoms with Crippen molar-refractivity contribution < 1.29 is 28.6 Å². The number of hydrogen-bond acceptors (Lipinski definition) is 6. The number of carbonyl (C=O) groups excluding carboxylic acids is 3. The standard InChI is InChI=1S/C15H19NO6/c1-4-20-14(18)16-10(3)13(17)11-6-8-12(9-7-11)22-15(19)21-5-2/h6-10H,4-5H2,1-3H3,(H,16,18). The van der Waals surface area contributed by atoms with Crippen LogP contribution in [-0.4, -0.2) is 37.3 Å². The fraction of sp³-hybridized carbons (Fsp3) is 0.400. The van der Waals surface area contributed by atoms with Gasteiger partial charge in [-0.25, -0.2) is 9.59 Å². The number of rotatable bonds is 6. The van der Waals surface area contributed by atoms with E-state index in [9.17, 15) is 14.4 Å². The highest BCUT2D eigenvalue weighted by atomic mass is 16.7. The largest absolute Gasteiger partial charge is 0.513 e. The lowest BCUT2D eigenvalue weighted by molar-refractivity contribution is 0.0933. The molecule has 1 N–H and O–H groups in total. The van der Waals surface area contributed by atoms with E-state index in [0.29, 0.717) is 5.56 Å². The normalized spacial score (nSPS) is 11.2. The highest BCUT2D eigenvalue weighted by Gasteiger charge is 2.18. The Morgan fingerprint density at radius 2 is 1.64 bits per heavy atom. The molecule has 1 atom stereocenters. The number of ketones is 1. The van der Waals surface area contributed by atoms with Gasteiger partial charge in [-0.15, -0.1) is 0 Å². The third-order valence-electron chi connectivity index (χ3n) is 2.61. The lowest BCUT2D eigenvalue weighted by Gasteiger charge is -2.12. The predicted molar refractivity (Wildman–Crippen MR) is 78.0 cm³/mol. The second-order valence-corrected chi connectivity index (χ2v) is 4.26. The molecule has 0 aliphatic heterocycles. The van der Waals surface area contributed by atoms with E-state index in [1.54, 1.807) is 20.8 Å². The summed E-state index contributed by atoms with van der Waals surface area (Å²) in [6.45, 7) is 5.34. The Hall–Kier alpha value is -2.57. The molecule has 0 saturated heterocycles. The van der Waals surface area contributed by atoms with Gasteiger partial charge in [0.15, 0.2) is 5.78 Å². The van der Waals surface area contributed by atoms with Crippen molar-refractivity contribution in [2.24, 2.45) is 0 Å². The number of ether oxygens (including phenoxy) is 3. The summed E-state index contributed by atoms with van der Waals surface area (Å²) in [7, 11) is 0. The molecule has 0 fully saturated rings. The van der Waals surface area contributed by atoms with Gasteiger partial charge >= 0.3 is 12.2 Å². The van der Waals surface area contributed by atoms with Crippen LogP contribution in [0.1, 0.15) is 31.1 Å². The quantitative estimate of drug-likeness (QED) is 0.493. The van der Waals surface area contributed by atoms with Crippen molar-refractivity contribution in [2.45, 2.75) is 26.8 Å². The Balaban J connectivity index is 2.63. The fourth-order valence-electron chi connectivity index (χ4n) is 1.60. The van der Waals surface area contributed by atoms with Gasteiger partial charge in [-0.2, -0.15) is 0 Å². The van der Waals surface area contributed by atoms with Crippen molar-refractivity contribution >= 4 is 18.0 Å². The van der Waals surface area contributed by atoms with E-state index >= 15 is 0 Å². The minimum Gasteiger partial charge on any atom is -0.450 e. The van der Waals surface area contributed by atoms with E-state index in [2.05, 4.69) is 10.1 Å². The Morgan fingerprint density at radius 1 is 1.05 bits per heavy atom. The molecule has 1 rings (SSSR count). The topological polar surface area (TPSA) is 90.9 Å². The van der Waals surface area contributed by atoms with E-state index < -0.39 is 18.3 Å². The molecule has 0 bridgehead atoms. The van der Waals surface area contributed by atoms with Crippen LogP contribution < -0.4 is 10.1 Å². The zero-order chi connectivity index (χ0) is 16.5. The Labute approximate surface area is 128 Å². The van der Waals surface area contributed by atoms with Crippen LogP contribution in [0.3, 0.4) is 0 Å². The monoisotopic (exact) mass is 309 g/mol. The van der Waals surface area contributed by atoms with Crippen molar-refractivity contribution in [2.75, 3.05) is 13.2 Å². The van der Waals surface area contributed by atoms with E-state index in [0.717, 1.165) is 0 Å². The molecule has 7 heteroatoms. The Bertz CT molecular complexity index is 525. The first-order valence-electron chi connectivity index (χ1n) is 6.90. The van der Waals surface area contributed by atoms with Gasteiger partial charge in [-0.05, 0) is 45.0 Å². The number of nitrogens with one attached hydrogen (secondary N) is 1. The third kappa shape index (κ3) is 5.43. The fourth-order valence-corrected chi connectivity index (χ4v) is 1.60. The van der Waals surface area contributed by atoms with Crippen molar-refractivity contribution in [1.29, 1.82) is 0 Å². The zero-order valence-corrected chi connectivity index (χ0v) is 12.8. The van der Waals surface area contributed by atoms with Crippen LogP contribution in [0.2, 0.25) is 0 Å². The summed E-state index contributed by atoms with van der Waals surface area (Å²) in [4.78, 5) is 34.5. The number of carbonyl (C=O) groups is 3. The van der Waals surface area contributed by atoms with Crippen LogP contribution in [0, 0.1) is 0 Å². The molecule has 1 aromatic rings. The van der Waals surface area contributed by atoms with E-state index in [-0.39, 0.29) is 24.7 Å². The maximum Gasteiger partial charge on any atom is 0.513 e. The first-order chi connectivity index (χ1) is 10.5. The average molecular weight is 309 g/mol. The van der Waals surface area contributed by atoms with Gasteiger partial charge in [0.25, 0.3) is 0 Å². The molecule has 7 nitrogen and oxygen atoms in total. The number of benzene rings is 1. The molecule has 0 heterocycles. The molecule has 1 amide bonds. The molecule has 1 aromatic carbocycles. The van der Waals surface area contributed by atoms with Gasteiger partial charge in [0.2, 0.25) is 0 Å². The maximum absolute atomic E-state index is 12.1. The third-order valence-corrected chi connectivity index (χ3v) is 2.61. The molecular weight excluding hydrogens is 290 g/mol. The summed E-state index contributed by atoms with van der Waals surface area (Å²) in [6.07, 6.45) is -1.45. The van der Waals surface area contributed by atoms with Crippen LogP contribution in [0.5, 0.6) is 5.75 Å². The second kappa shape index (κ2) is 8.66. The molecule has 120 valence electrons. The van der Waals surface area contributed by atoms with Crippen LogP contribution in [0.15, 0.2) is 24.3 Å². The molecule has 0 aromatic heterocycles. The van der Waals surface area contributed by atoms with Gasteiger partial charge < -0.3 is 19.5 Å². The lowest BCUT2D eigenvalue weighted by atomic mass is 10.1. The molecule has 0 aliphatic carbocycles. The van der Waals surface area contributed by atoms with Crippen LogP contribution in [-0.2, 0) is 9.47 Å². The average Bonchev–Trinajstić information content (AvgIpc) is 2.47. The summed E-state index contributed by atoms with van der Waals surface area (Å²) < 4.78 is 14.2. The molecule has 0 aliphatic rings. The van der Waals surface area contributed by atoms with Gasteiger partial charge in [0, 0.05) is 5.56 Å². The lowest BCUT2D eigenvalue weighted by Crippen LogP contribution is -2.38. The minimum atomic E-state index is -0.807. The van der Waals surface area contributed by atoms with E-state index in [1.807, 2.05) is 0 Å². The van der Waals surface area contributed by atoms with Crippen molar-refractivity contribution in [3.63, 3.8) is 0 Å². The SMILES string of the molecule is CCOC(=O)NC(C)C(=O)c1ccc(OC(=O)OCC)cc1.